The highest BCUT2D eigenvalue weighted by molar-refractivity contribution is 5.36. The van der Waals surface area contributed by atoms with Gasteiger partial charge in [-0.2, -0.15) is 0 Å². The summed E-state index contributed by atoms with van der Waals surface area (Å²) in [6.07, 6.45) is -0.716. The van der Waals surface area contributed by atoms with Gasteiger partial charge in [0.25, 0.3) is 0 Å². The predicted octanol–water partition coefficient (Wildman–Crippen LogP) is 2.65. The normalized spacial score (nSPS) is 13.8. The molecular formula is C16H19NO2. The van der Waals surface area contributed by atoms with Gasteiger partial charge in [0.2, 0.25) is 0 Å². The van der Waals surface area contributed by atoms with Crippen molar-refractivity contribution in [2.45, 2.75) is 25.7 Å². The van der Waals surface area contributed by atoms with Crippen molar-refractivity contribution in [3.05, 3.63) is 65.7 Å². The van der Waals surface area contributed by atoms with Crippen LogP contribution in [0, 0.1) is 0 Å². The highest BCUT2D eigenvalue weighted by Crippen LogP contribution is 2.27. The van der Waals surface area contributed by atoms with Crippen LogP contribution in [0.2, 0.25) is 0 Å². The maximum atomic E-state index is 10.1. The monoisotopic (exact) mass is 257 g/mol. The Morgan fingerprint density at radius 3 is 2.37 bits per heavy atom. The highest BCUT2D eigenvalue weighted by atomic mass is 16.5. The number of ether oxygens (including phenoxy) is 1. The molecule has 0 heterocycles. The molecule has 3 heteroatoms. The molecule has 0 aliphatic carbocycles. The predicted molar refractivity (Wildman–Crippen MR) is 75.8 cm³/mol. The largest absolute Gasteiger partial charge is 0.489 e. The van der Waals surface area contributed by atoms with Crippen LogP contribution in [0.5, 0.6) is 5.75 Å². The second kappa shape index (κ2) is 6.36. The Morgan fingerprint density at radius 1 is 1.05 bits per heavy atom. The first kappa shape index (κ1) is 13.6. The average molecular weight is 257 g/mol. The Morgan fingerprint density at radius 2 is 1.68 bits per heavy atom. The van der Waals surface area contributed by atoms with Crippen LogP contribution in [-0.4, -0.2) is 11.1 Å². The first-order chi connectivity index (χ1) is 9.18. The molecule has 2 unspecified atom stereocenters. The Kier molecular flexibility index (Phi) is 4.55. The smallest absolute Gasteiger partial charge is 0.125 e. The molecule has 2 aromatic rings. The van der Waals surface area contributed by atoms with Crippen molar-refractivity contribution in [2.75, 3.05) is 0 Å². The van der Waals surface area contributed by atoms with Gasteiger partial charge in [-0.3, -0.25) is 0 Å². The maximum Gasteiger partial charge on any atom is 0.125 e. The summed E-state index contributed by atoms with van der Waals surface area (Å²) in [5.74, 6) is 0.677. The minimum absolute atomic E-state index is 0.332. The van der Waals surface area contributed by atoms with Crippen molar-refractivity contribution in [1.82, 2.24) is 0 Å². The SMILES string of the molecule is CC(N)C(O)c1ccccc1OCc1ccccc1. The lowest BCUT2D eigenvalue weighted by Gasteiger charge is -2.18. The summed E-state index contributed by atoms with van der Waals surface area (Å²) in [6, 6.07) is 17.0. The number of hydrogen-bond acceptors (Lipinski definition) is 3. The topological polar surface area (TPSA) is 55.5 Å². The van der Waals surface area contributed by atoms with E-state index in [4.69, 9.17) is 10.5 Å². The number of hydrogen-bond donors (Lipinski definition) is 2. The first-order valence-electron chi connectivity index (χ1n) is 6.38. The molecule has 0 amide bonds. The van der Waals surface area contributed by atoms with Crippen LogP contribution in [0.4, 0.5) is 0 Å². The standard InChI is InChI=1S/C16H19NO2/c1-12(17)16(18)14-9-5-6-10-15(14)19-11-13-7-3-2-4-8-13/h2-10,12,16,18H,11,17H2,1H3. The van der Waals surface area contributed by atoms with Crippen molar-refractivity contribution in [3.63, 3.8) is 0 Å². The van der Waals surface area contributed by atoms with E-state index < -0.39 is 6.10 Å². The fourth-order valence-electron chi connectivity index (χ4n) is 1.87. The molecule has 2 aromatic carbocycles. The third kappa shape index (κ3) is 3.56. The average Bonchev–Trinajstić information content (AvgIpc) is 2.45. The minimum Gasteiger partial charge on any atom is -0.489 e. The number of nitrogens with two attached hydrogens (primary N) is 1. The summed E-state index contributed by atoms with van der Waals surface area (Å²) in [4.78, 5) is 0. The van der Waals surface area contributed by atoms with E-state index in [2.05, 4.69) is 0 Å². The van der Waals surface area contributed by atoms with Crippen molar-refractivity contribution in [3.8, 4) is 5.75 Å². The van der Waals surface area contributed by atoms with Crippen LogP contribution >= 0.6 is 0 Å². The summed E-state index contributed by atoms with van der Waals surface area (Å²) in [5.41, 5.74) is 7.56. The molecule has 0 spiro atoms. The molecule has 2 rings (SSSR count). The van der Waals surface area contributed by atoms with Gasteiger partial charge in [0.15, 0.2) is 0 Å². The van der Waals surface area contributed by atoms with Gasteiger partial charge in [-0.1, -0.05) is 48.5 Å². The lowest BCUT2D eigenvalue weighted by atomic mass is 10.0. The van der Waals surface area contributed by atoms with Crippen molar-refractivity contribution in [2.24, 2.45) is 5.73 Å². The van der Waals surface area contributed by atoms with Crippen LogP contribution in [0.25, 0.3) is 0 Å². The molecule has 3 N–H and O–H groups in total. The van der Waals surface area contributed by atoms with Crippen LogP contribution in [0.1, 0.15) is 24.2 Å². The second-order valence-electron chi connectivity index (χ2n) is 4.62. The van der Waals surface area contributed by atoms with Gasteiger partial charge in [-0.05, 0) is 18.6 Å². The summed E-state index contributed by atoms with van der Waals surface area (Å²) in [6.45, 7) is 2.25. The van der Waals surface area contributed by atoms with E-state index in [0.29, 0.717) is 12.4 Å². The second-order valence-corrected chi connectivity index (χ2v) is 4.62. The van der Waals surface area contributed by atoms with Gasteiger partial charge in [0.1, 0.15) is 12.4 Å². The highest BCUT2D eigenvalue weighted by Gasteiger charge is 2.16. The summed E-state index contributed by atoms with van der Waals surface area (Å²) < 4.78 is 5.78. The molecule has 0 fully saturated rings. The van der Waals surface area contributed by atoms with Gasteiger partial charge in [-0.25, -0.2) is 0 Å². The van der Waals surface area contributed by atoms with Gasteiger partial charge in [-0.15, -0.1) is 0 Å². The van der Waals surface area contributed by atoms with Crippen LogP contribution in [-0.2, 0) is 6.61 Å². The summed E-state index contributed by atoms with van der Waals surface area (Å²) in [5, 5.41) is 10.1. The van der Waals surface area contributed by atoms with Crippen LogP contribution < -0.4 is 10.5 Å². The molecule has 100 valence electrons. The third-order valence-electron chi connectivity index (χ3n) is 2.97. The van der Waals surface area contributed by atoms with Crippen LogP contribution in [0.15, 0.2) is 54.6 Å². The molecule has 0 aromatic heterocycles. The zero-order valence-corrected chi connectivity index (χ0v) is 11.0. The molecular weight excluding hydrogens is 238 g/mol. The quantitative estimate of drug-likeness (QED) is 0.865. The Hall–Kier alpha value is -1.84. The van der Waals surface area contributed by atoms with Gasteiger partial charge in [0.05, 0.1) is 6.10 Å². The lowest BCUT2D eigenvalue weighted by Crippen LogP contribution is -2.24. The van der Waals surface area contributed by atoms with Crippen molar-refractivity contribution >= 4 is 0 Å². The van der Waals surface area contributed by atoms with Crippen molar-refractivity contribution < 1.29 is 9.84 Å². The number of aliphatic hydroxyl groups is 1. The molecule has 0 radical (unpaired) electrons. The Labute approximate surface area is 113 Å². The lowest BCUT2D eigenvalue weighted by molar-refractivity contribution is 0.147. The summed E-state index contributed by atoms with van der Waals surface area (Å²) in [7, 11) is 0. The number of aliphatic hydroxyl groups excluding tert-OH is 1. The van der Waals surface area contributed by atoms with E-state index >= 15 is 0 Å². The number of benzene rings is 2. The van der Waals surface area contributed by atoms with Crippen molar-refractivity contribution in [1.29, 1.82) is 0 Å². The molecule has 0 bridgehead atoms. The fraction of sp³-hybridized carbons (Fsp3) is 0.250. The number of rotatable bonds is 5. The maximum absolute atomic E-state index is 10.1. The molecule has 0 saturated carbocycles. The first-order valence-corrected chi connectivity index (χ1v) is 6.38. The molecule has 2 atom stereocenters. The third-order valence-corrected chi connectivity index (χ3v) is 2.97. The van der Waals surface area contributed by atoms with E-state index in [9.17, 15) is 5.11 Å². The molecule has 0 saturated heterocycles. The summed E-state index contributed by atoms with van der Waals surface area (Å²) >= 11 is 0. The van der Waals surface area contributed by atoms with E-state index in [0.717, 1.165) is 11.1 Å². The van der Waals surface area contributed by atoms with Gasteiger partial charge < -0.3 is 15.6 Å². The molecule has 0 aliphatic rings. The number of para-hydroxylation sites is 1. The van der Waals surface area contributed by atoms with Crippen LogP contribution in [0.3, 0.4) is 0 Å². The zero-order chi connectivity index (χ0) is 13.7. The minimum atomic E-state index is -0.716. The van der Waals surface area contributed by atoms with E-state index in [-0.39, 0.29) is 6.04 Å². The molecule has 0 aliphatic heterocycles. The zero-order valence-electron chi connectivity index (χ0n) is 11.0. The van der Waals surface area contributed by atoms with Gasteiger partial charge in [0, 0.05) is 11.6 Å². The Balaban J connectivity index is 2.12. The molecule has 19 heavy (non-hydrogen) atoms. The molecule has 3 nitrogen and oxygen atoms in total. The van der Waals surface area contributed by atoms with Gasteiger partial charge >= 0.3 is 0 Å². The van der Waals surface area contributed by atoms with E-state index in [1.807, 2.05) is 54.6 Å². The van der Waals surface area contributed by atoms with E-state index in [1.54, 1.807) is 6.92 Å². The Bertz CT molecular complexity index is 511. The fourth-order valence-corrected chi connectivity index (χ4v) is 1.87. The van der Waals surface area contributed by atoms with E-state index in [1.165, 1.54) is 0 Å².